The Morgan fingerprint density at radius 1 is 1.19 bits per heavy atom. The van der Waals surface area contributed by atoms with E-state index in [0.29, 0.717) is 12.0 Å². The van der Waals surface area contributed by atoms with E-state index in [1.807, 2.05) is 24.3 Å². The summed E-state index contributed by atoms with van der Waals surface area (Å²) in [6.07, 6.45) is 1.20. The Kier molecular flexibility index (Phi) is 3.74. The summed E-state index contributed by atoms with van der Waals surface area (Å²) in [5, 5.41) is 3.02. The molecule has 0 bridgehead atoms. The van der Waals surface area contributed by atoms with Crippen LogP contribution in [0.2, 0.25) is 0 Å². The molecule has 3 rings (SSSR count). The van der Waals surface area contributed by atoms with Crippen molar-refractivity contribution in [1.82, 2.24) is 5.32 Å². The van der Waals surface area contributed by atoms with Gasteiger partial charge in [-0.25, -0.2) is 4.39 Å². The fourth-order valence-corrected chi connectivity index (χ4v) is 2.96. The van der Waals surface area contributed by atoms with Gasteiger partial charge in [-0.15, -0.1) is 0 Å². The normalized spacial score (nSPS) is 21.3. The third kappa shape index (κ3) is 2.97. The van der Waals surface area contributed by atoms with E-state index < -0.39 is 0 Å². The predicted octanol–water partition coefficient (Wildman–Crippen LogP) is 3.35. The molecule has 1 aliphatic rings. The summed E-state index contributed by atoms with van der Waals surface area (Å²) in [5.41, 5.74) is 2.72. The van der Waals surface area contributed by atoms with Gasteiger partial charge in [0, 0.05) is 18.4 Å². The van der Waals surface area contributed by atoms with E-state index in [0.717, 1.165) is 12.0 Å². The summed E-state index contributed by atoms with van der Waals surface area (Å²) >= 11 is 0. The van der Waals surface area contributed by atoms with Gasteiger partial charge in [-0.1, -0.05) is 42.5 Å². The Morgan fingerprint density at radius 3 is 2.67 bits per heavy atom. The fourth-order valence-electron chi connectivity index (χ4n) is 2.96. The maximum absolute atomic E-state index is 13.8. The first kappa shape index (κ1) is 13.8. The van der Waals surface area contributed by atoms with E-state index in [4.69, 9.17) is 0 Å². The number of aryl methyl sites for hydroxylation is 1. The van der Waals surface area contributed by atoms with Gasteiger partial charge in [0.05, 0.1) is 0 Å². The number of carbonyl (C=O) groups excluding carboxylic acids is 1. The van der Waals surface area contributed by atoms with Gasteiger partial charge in [0.2, 0.25) is 5.91 Å². The van der Waals surface area contributed by atoms with Crippen LogP contribution in [0.5, 0.6) is 0 Å². The Bertz CT molecular complexity index is 654. The molecule has 1 fully saturated rings. The average Bonchev–Trinajstić information content (AvgIpc) is 2.84. The molecule has 108 valence electrons. The third-order valence-corrected chi connectivity index (χ3v) is 4.16. The Morgan fingerprint density at radius 2 is 1.95 bits per heavy atom. The van der Waals surface area contributed by atoms with Crippen LogP contribution in [0.15, 0.2) is 48.5 Å². The lowest BCUT2D eigenvalue weighted by molar-refractivity contribution is -0.119. The van der Waals surface area contributed by atoms with Gasteiger partial charge in [-0.2, -0.15) is 0 Å². The first-order valence-electron chi connectivity index (χ1n) is 7.23. The molecular formula is C18H18FNO. The molecule has 3 heteroatoms. The van der Waals surface area contributed by atoms with Gasteiger partial charge < -0.3 is 5.32 Å². The van der Waals surface area contributed by atoms with Crippen LogP contribution in [0.25, 0.3) is 0 Å². The second-order valence-electron chi connectivity index (χ2n) is 5.68. The molecule has 2 atom stereocenters. The zero-order valence-corrected chi connectivity index (χ0v) is 12.0. The SMILES string of the molecule is Cc1ccc(C2CC(=O)NC2Cc2ccccc2)cc1F. The summed E-state index contributed by atoms with van der Waals surface area (Å²) in [6, 6.07) is 15.4. The summed E-state index contributed by atoms with van der Waals surface area (Å²) in [5.74, 6) is -0.125. The fraction of sp³-hybridized carbons (Fsp3) is 0.278. The van der Waals surface area contributed by atoms with Crippen molar-refractivity contribution >= 4 is 5.91 Å². The van der Waals surface area contributed by atoms with Crippen LogP contribution in [0.3, 0.4) is 0 Å². The summed E-state index contributed by atoms with van der Waals surface area (Å²) in [7, 11) is 0. The van der Waals surface area contributed by atoms with Crippen molar-refractivity contribution in [3.05, 3.63) is 71.0 Å². The number of carbonyl (C=O) groups is 1. The van der Waals surface area contributed by atoms with Gasteiger partial charge in [-0.05, 0) is 36.1 Å². The number of nitrogens with one attached hydrogen (secondary N) is 1. The van der Waals surface area contributed by atoms with Crippen LogP contribution in [-0.4, -0.2) is 11.9 Å². The van der Waals surface area contributed by atoms with Crippen molar-refractivity contribution in [2.24, 2.45) is 0 Å². The largest absolute Gasteiger partial charge is 0.352 e. The number of halogens is 1. The molecule has 2 aromatic rings. The molecule has 0 spiro atoms. The monoisotopic (exact) mass is 283 g/mol. The maximum Gasteiger partial charge on any atom is 0.220 e. The van der Waals surface area contributed by atoms with E-state index in [-0.39, 0.29) is 23.7 Å². The molecule has 0 saturated carbocycles. The second kappa shape index (κ2) is 5.68. The number of hydrogen-bond acceptors (Lipinski definition) is 1. The van der Waals surface area contributed by atoms with Crippen LogP contribution in [-0.2, 0) is 11.2 Å². The molecule has 1 saturated heterocycles. The van der Waals surface area contributed by atoms with Gasteiger partial charge in [0.25, 0.3) is 0 Å². The lowest BCUT2D eigenvalue weighted by Crippen LogP contribution is -2.30. The van der Waals surface area contributed by atoms with E-state index in [9.17, 15) is 9.18 Å². The highest BCUT2D eigenvalue weighted by molar-refractivity contribution is 5.80. The van der Waals surface area contributed by atoms with Crippen LogP contribution in [0.1, 0.15) is 29.0 Å². The van der Waals surface area contributed by atoms with Crippen molar-refractivity contribution in [3.8, 4) is 0 Å². The van der Waals surface area contributed by atoms with Crippen molar-refractivity contribution in [3.63, 3.8) is 0 Å². The quantitative estimate of drug-likeness (QED) is 0.919. The van der Waals surface area contributed by atoms with E-state index in [2.05, 4.69) is 17.4 Å². The van der Waals surface area contributed by atoms with Crippen LogP contribution < -0.4 is 5.32 Å². The zero-order valence-electron chi connectivity index (χ0n) is 12.0. The molecule has 1 aliphatic heterocycles. The molecule has 1 amide bonds. The van der Waals surface area contributed by atoms with Crippen LogP contribution >= 0.6 is 0 Å². The molecule has 2 unspecified atom stereocenters. The average molecular weight is 283 g/mol. The first-order valence-corrected chi connectivity index (χ1v) is 7.23. The lowest BCUT2D eigenvalue weighted by atomic mass is 9.88. The highest BCUT2D eigenvalue weighted by Gasteiger charge is 2.33. The molecule has 0 aliphatic carbocycles. The summed E-state index contributed by atoms with van der Waals surface area (Å²) < 4.78 is 13.8. The second-order valence-corrected chi connectivity index (χ2v) is 5.68. The Balaban J connectivity index is 1.85. The molecule has 0 radical (unpaired) electrons. The van der Waals surface area contributed by atoms with Crippen molar-refractivity contribution in [1.29, 1.82) is 0 Å². The predicted molar refractivity (Wildman–Crippen MR) is 80.6 cm³/mol. The van der Waals surface area contributed by atoms with Gasteiger partial charge in [0.1, 0.15) is 5.82 Å². The minimum atomic E-state index is -0.203. The van der Waals surface area contributed by atoms with Crippen molar-refractivity contribution < 1.29 is 9.18 Å². The van der Waals surface area contributed by atoms with Gasteiger partial charge >= 0.3 is 0 Å². The minimum absolute atomic E-state index is 0.0296. The number of amides is 1. The highest BCUT2D eigenvalue weighted by atomic mass is 19.1. The Hall–Kier alpha value is -2.16. The molecule has 1 heterocycles. The number of benzene rings is 2. The van der Waals surface area contributed by atoms with E-state index in [1.54, 1.807) is 19.1 Å². The summed E-state index contributed by atoms with van der Waals surface area (Å²) in [4.78, 5) is 11.8. The molecule has 21 heavy (non-hydrogen) atoms. The zero-order chi connectivity index (χ0) is 14.8. The minimum Gasteiger partial charge on any atom is -0.352 e. The van der Waals surface area contributed by atoms with E-state index in [1.165, 1.54) is 5.56 Å². The number of hydrogen-bond donors (Lipinski definition) is 1. The number of rotatable bonds is 3. The molecule has 2 nitrogen and oxygen atoms in total. The molecule has 2 aromatic carbocycles. The maximum atomic E-state index is 13.8. The Labute approximate surface area is 124 Å². The topological polar surface area (TPSA) is 29.1 Å². The van der Waals surface area contributed by atoms with E-state index >= 15 is 0 Å². The first-order chi connectivity index (χ1) is 10.1. The van der Waals surface area contributed by atoms with Gasteiger partial charge in [-0.3, -0.25) is 4.79 Å². The smallest absolute Gasteiger partial charge is 0.220 e. The molecule has 1 N–H and O–H groups in total. The third-order valence-electron chi connectivity index (χ3n) is 4.16. The molecule has 0 aromatic heterocycles. The van der Waals surface area contributed by atoms with Crippen molar-refractivity contribution in [2.75, 3.05) is 0 Å². The highest BCUT2D eigenvalue weighted by Crippen LogP contribution is 2.31. The lowest BCUT2D eigenvalue weighted by Gasteiger charge is -2.19. The van der Waals surface area contributed by atoms with Gasteiger partial charge in [0.15, 0.2) is 0 Å². The van der Waals surface area contributed by atoms with Crippen LogP contribution in [0.4, 0.5) is 4.39 Å². The summed E-state index contributed by atoms with van der Waals surface area (Å²) in [6.45, 7) is 1.75. The van der Waals surface area contributed by atoms with Crippen LogP contribution in [0, 0.1) is 12.7 Å². The molecular weight excluding hydrogens is 265 g/mol. The van der Waals surface area contributed by atoms with Crippen molar-refractivity contribution in [2.45, 2.75) is 31.7 Å². The standard InChI is InChI=1S/C18H18FNO/c1-12-7-8-14(10-16(12)19)15-11-18(21)20-17(15)9-13-5-3-2-4-6-13/h2-8,10,15,17H,9,11H2,1H3,(H,20,21).